The molecule has 3 rings (SSSR count). The Hall–Kier alpha value is -1.36. The molecule has 1 aliphatic carbocycles. The van der Waals surface area contributed by atoms with Crippen molar-refractivity contribution in [1.82, 2.24) is 14.9 Å². The van der Waals surface area contributed by atoms with Crippen LogP contribution in [0.15, 0.2) is 6.07 Å². The van der Waals surface area contributed by atoms with Gasteiger partial charge >= 0.3 is 0 Å². The molecular weight excluding hydrogens is 262 g/mol. The fourth-order valence-electron chi connectivity index (χ4n) is 3.32. The van der Waals surface area contributed by atoms with Crippen LogP contribution < -0.4 is 10.2 Å². The molecule has 1 aromatic heterocycles. The summed E-state index contributed by atoms with van der Waals surface area (Å²) >= 11 is 0. The summed E-state index contributed by atoms with van der Waals surface area (Å²) in [4.78, 5) is 14.2. The van der Waals surface area contributed by atoms with Gasteiger partial charge in [0.15, 0.2) is 0 Å². The van der Waals surface area contributed by atoms with Gasteiger partial charge in [-0.1, -0.05) is 19.8 Å². The summed E-state index contributed by atoms with van der Waals surface area (Å²) in [6.45, 7) is 9.82. The maximum Gasteiger partial charge on any atom is 0.225 e. The first-order valence-corrected chi connectivity index (χ1v) is 8.34. The highest BCUT2D eigenvalue weighted by Gasteiger charge is 2.19. The number of hydrogen-bond acceptors (Lipinski definition) is 5. The summed E-state index contributed by atoms with van der Waals surface area (Å²) in [5.74, 6) is 1.90. The van der Waals surface area contributed by atoms with E-state index in [4.69, 9.17) is 4.98 Å². The highest BCUT2D eigenvalue weighted by Crippen LogP contribution is 2.22. The van der Waals surface area contributed by atoms with Gasteiger partial charge in [-0.25, -0.2) is 4.98 Å². The Kier molecular flexibility index (Phi) is 4.58. The zero-order valence-electron chi connectivity index (χ0n) is 13.3. The molecule has 1 saturated carbocycles. The summed E-state index contributed by atoms with van der Waals surface area (Å²) in [5, 5.41) is 3.52. The van der Waals surface area contributed by atoms with Gasteiger partial charge in [-0.3, -0.25) is 0 Å². The van der Waals surface area contributed by atoms with Crippen LogP contribution >= 0.6 is 0 Å². The van der Waals surface area contributed by atoms with E-state index in [0.29, 0.717) is 6.04 Å². The fraction of sp³-hybridized carbons (Fsp3) is 0.750. The van der Waals surface area contributed by atoms with E-state index in [1.165, 1.54) is 25.7 Å². The summed E-state index contributed by atoms with van der Waals surface area (Å²) < 4.78 is 0. The van der Waals surface area contributed by atoms with E-state index < -0.39 is 0 Å². The molecule has 0 amide bonds. The lowest BCUT2D eigenvalue weighted by atomic mass is 10.2. The number of nitrogens with one attached hydrogen (secondary N) is 1. The van der Waals surface area contributed by atoms with E-state index in [9.17, 15) is 0 Å². The minimum Gasteiger partial charge on any atom is -0.354 e. The second-order valence-corrected chi connectivity index (χ2v) is 6.24. The molecule has 1 aliphatic heterocycles. The maximum absolute atomic E-state index is 4.76. The smallest absolute Gasteiger partial charge is 0.225 e. The topological polar surface area (TPSA) is 44.3 Å². The lowest BCUT2D eigenvalue weighted by Gasteiger charge is -2.35. The monoisotopic (exact) mass is 289 g/mol. The second-order valence-electron chi connectivity index (χ2n) is 6.24. The van der Waals surface area contributed by atoms with Gasteiger partial charge in [0.1, 0.15) is 5.82 Å². The van der Waals surface area contributed by atoms with Crippen molar-refractivity contribution in [2.45, 2.75) is 45.6 Å². The fourth-order valence-corrected chi connectivity index (χ4v) is 3.32. The van der Waals surface area contributed by atoms with Crippen LogP contribution in [0.3, 0.4) is 0 Å². The molecule has 1 N–H and O–H groups in total. The van der Waals surface area contributed by atoms with Gasteiger partial charge in [-0.15, -0.1) is 0 Å². The average molecular weight is 289 g/mol. The Labute approximate surface area is 127 Å². The number of nitrogens with zero attached hydrogens (tertiary/aromatic N) is 4. The highest BCUT2D eigenvalue weighted by molar-refractivity contribution is 5.45. The van der Waals surface area contributed by atoms with Crippen molar-refractivity contribution in [2.24, 2.45) is 0 Å². The van der Waals surface area contributed by atoms with Crippen LogP contribution in [0.25, 0.3) is 0 Å². The predicted molar refractivity (Wildman–Crippen MR) is 87.0 cm³/mol. The van der Waals surface area contributed by atoms with E-state index in [0.717, 1.165) is 50.2 Å². The number of aromatic nitrogens is 2. The maximum atomic E-state index is 4.76. The molecule has 0 radical (unpaired) electrons. The van der Waals surface area contributed by atoms with Gasteiger partial charge in [0.25, 0.3) is 0 Å². The van der Waals surface area contributed by atoms with Gasteiger partial charge in [-0.05, 0) is 26.3 Å². The first-order chi connectivity index (χ1) is 10.2. The minimum atomic E-state index is 0.566. The van der Waals surface area contributed by atoms with Crippen molar-refractivity contribution in [3.05, 3.63) is 11.8 Å². The van der Waals surface area contributed by atoms with Crippen LogP contribution in [0.4, 0.5) is 11.8 Å². The van der Waals surface area contributed by atoms with Gasteiger partial charge in [0, 0.05) is 44.0 Å². The van der Waals surface area contributed by atoms with Crippen LogP contribution in [-0.2, 0) is 0 Å². The van der Waals surface area contributed by atoms with Crippen LogP contribution in [0, 0.1) is 6.92 Å². The molecular formula is C16H27N5. The molecule has 0 spiro atoms. The van der Waals surface area contributed by atoms with E-state index in [2.05, 4.69) is 40.0 Å². The Morgan fingerprint density at radius 1 is 1.14 bits per heavy atom. The summed E-state index contributed by atoms with van der Waals surface area (Å²) in [6, 6.07) is 2.68. The number of piperazine rings is 1. The Balaban J connectivity index is 1.68. The molecule has 0 bridgehead atoms. The molecule has 0 atom stereocenters. The van der Waals surface area contributed by atoms with Crippen molar-refractivity contribution in [1.29, 1.82) is 0 Å². The van der Waals surface area contributed by atoms with Gasteiger partial charge in [0.2, 0.25) is 5.95 Å². The highest BCUT2D eigenvalue weighted by atomic mass is 15.3. The van der Waals surface area contributed by atoms with Crippen molar-refractivity contribution < 1.29 is 0 Å². The molecule has 1 aromatic rings. The van der Waals surface area contributed by atoms with Crippen molar-refractivity contribution in [2.75, 3.05) is 42.9 Å². The third-order valence-electron chi connectivity index (χ3n) is 4.67. The second kappa shape index (κ2) is 6.60. The van der Waals surface area contributed by atoms with Crippen LogP contribution in [-0.4, -0.2) is 53.6 Å². The lowest BCUT2D eigenvalue weighted by molar-refractivity contribution is 0.270. The van der Waals surface area contributed by atoms with Crippen LogP contribution in [0.1, 0.15) is 38.3 Å². The number of aryl methyl sites for hydroxylation is 1. The normalized spacial score (nSPS) is 21.0. The van der Waals surface area contributed by atoms with Gasteiger partial charge < -0.3 is 15.1 Å². The third-order valence-corrected chi connectivity index (χ3v) is 4.67. The molecule has 1 saturated heterocycles. The third kappa shape index (κ3) is 3.64. The Morgan fingerprint density at radius 3 is 2.52 bits per heavy atom. The van der Waals surface area contributed by atoms with E-state index in [1.807, 2.05) is 0 Å². The van der Waals surface area contributed by atoms with Gasteiger partial charge in [0.05, 0.1) is 0 Å². The Morgan fingerprint density at radius 2 is 1.86 bits per heavy atom. The molecule has 5 nitrogen and oxygen atoms in total. The zero-order valence-corrected chi connectivity index (χ0v) is 13.3. The molecule has 5 heteroatoms. The number of likely N-dealkylation sites (N-methyl/N-ethyl adjacent to an activating group) is 1. The molecule has 2 heterocycles. The largest absolute Gasteiger partial charge is 0.354 e. The number of hydrogen-bond donors (Lipinski definition) is 1. The van der Waals surface area contributed by atoms with Crippen molar-refractivity contribution in [3.63, 3.8) is 0 Å². The molecule has 2 aliphatic rings. The zero-order chi connectivity index (χ0) is 14.7. The van der Waals surface area contributed by atoms with Crippen LogP contribution in [0.5, 0.6) is 0 Å². The number of rotatable bonds is 4. The first kappa shape index (κ1) is 14.6. The van der Waals surface area contributed by atoms with E-state index >= 15 is 0 Å². The molecule has 0 unspecified atom stereocenters. The minimum absolute atomic E-state index is 0.566. The summed E-state index contributed by atoms with van der Waals surface area (Å²) in [5.41, 5.74) is 1.05. The van der Waals surface area contributed by atoms with Crippen molar-refractivity contribution in [3.8, 4) is 0 Å². The Bertz CT molecular complexity index is 462. The van der Waals surface area contributed by atoms with E-state index in [1.54, 1.807) is 0 Å². The van der Waals surface area contributed by atoms with Crippen molar-refractivity contribution >= 4 is 11.8 Å². The average Bonchev–Trinajstić information content (AvgIpc) is 2.99. The predicted octanol–water partition coefficient (Wildman–Crippen LogP) is 2.28. The summed E-state index contributed by atoms with van der Waals surface area (Å²) in [6.07, 6.45) is 5.16. The van der Waals surface area contributed by atoms with Crippen LogP contribution in [0.2, 0.25) is 0 Å². The number of anilines is 2. The SMILES string of the molecule is CCN1CCN(c2cc(C)nc(NC3CCCC3)n2)CC1. The quantitative estimate of drug-likeness (QED) is 0.921. The molecule has 116 valence electrons. The summed E-state index contributed by atoms with van der Waals surface area (Å²) in [7, 11) is 0. The molecule has 2 fully saturated rings. The standard InChI is InChI=1S/C16H27N5/c1-3-20-8-10-21(11-9-20)15-12-13(2)17-16(19-15)18-14-6-4-5-7-14/h12,14H,3-11H2,1-2H3,(H,17,18,19). The lowest BCUT2D eigenvalue weighted by Crippen LogP contribution is -2.46. The first-order valence-electron chi connectivity index (χ1n) is 8.34. The van der Waals surface area contributed by atoms with Gasteiger partial charge in [-0.2, -0.15) is 4.98 Å². The molecule has 21 heavy (non-hydrogen) atoms. The van der Waals surface area contributed by atoms with E-state index in [-0.39, 0.29) is 0 Å². The molecule has 0 aromatic carbocycles.